The first-order valence-electron chi connectivity index (χ1n) is 7.05. The molecule has 0 aliphatic rings. The maximum Gasteiger partial charge on any atom is 0.257 e. The van der Waals surface area contributed by atoms with Gasteiger partial charge in [-0.2, -0.15) is 5.10 Å². The highest BCUT2D eigenvalue weighted by atomic mass is 127. The molecule has 0 aliphatic carbocycles. The molecule has 0 saturated heterocycles. The van der Waals surface area contributed by atoms with Crippen molar-refractivity contribution in [1.29, 1.82) is 0 Å². The molecule has 2 aromatic carbocycles. The summed E-state index contributed by atoms with van der Waals surface area (Å²) in [4.78, 5) is 12.5. The van der Waals surface area contributed by atoms with E-state index in [9.17, 15) is 4.79 Å². The number of rotatable bonds is 4. The zero-order chi connectivity index (χ0) is 17.1. The molecule has 0 aliphatic heterocycles. The van der Waals surface area contributed by atoms with E-state index >= 15 is 0 Å². The fourth-order valence-electron chi connectivity index (χ4n) is 2.18. The molecule has 0 spiro atoms. The number of nitrogens with one attached hydrogen (secondary N) is 1. The molecule has 1 amide bonds. The first kappa shape index (κ1) is 17.3. The van der Waals surface area contributed by atoms with Crippen molar-refractivity contribution >= 4 is 57.5 Å². The summed E-state index contributed by atoms with van der Waals surface area (Å²) in [6, 6.07) is 14.5. The maximum absolute atomic E-state index is 12.5. The van der Waals surface area contributed by atoms with Gasteiger partial charge in [-0.1, -0.05) is 35.3 Å². The minimum absolute atomic E-state index is 0.222. The van der Waals surface area contributed by atoms with E-state index in [0.29, 0.717) is 28.0 Å². The Balaban J connectivity index is 1.79. The van der Waals surface area contributed by atoms with Gasteiger partial charge in [0.2, 0.25) is 0 Å². The van der Waals surface area contributed by atoms with Crippen molar-refractivity contribution in [3.8, 4) is 0 Å². The third kappa shape index (κ3) is 4.09. The Bertz CT molecular complexity index is 878. The topological polar surface area (TPSA) is 46.9 Å². The number of anilines is 1. The van der Waals surface area contributed by atoms with E-state index in [4.69, 9.17) is 23.2 Å². The van der Waals surface area contributed by atoms with Crippen LogP contribution in [0.25, 0.3) is 0 Å². The summed E-state index contributed by atoms with van der Waals surface area (Å²) in [5.41, 5.74) is 1.57. The fourth-order valence-corrected chi connectivity index (χ4v) is 3.06. The number of carbonyl (C=O) groups excluding carboxylic acids is 1. The van der Waals surface area contributed by atoms with Gasteiger partial charge in [-0.15, -0.1) is 0 Å². The average Bonchev–Trinajstić information content (AvgIpc) is 2.98. The lowest BCUT2D eigenvalue weighted by atomic mass is 10.2. The molecule has 0 unspecified atom stereocenters. The third-order valence-corrected chi connectivity index (χ3v) is 4.80. The van der Waals surface area contributed by atoms with Crippen LogP contribution in [0.15, 0.2) is 54.7 Å². The first-order chi connectivity index (χ1) is 11.5. The Morgan fingerprint density at radius 1 is 1.08 bits per heavy atom. The second-order valence-corrected chi connectivity index (χ2v) is 7.11. The predicted molar refractivity (Wildman–Crippen MR) is 105 cm³/mol. The van der Waals surface area contributed by atoms with Crippen molar-refractivity contribution < 1.29 is 4.79 Å². The summed E-state index contributed by atoms with van der Waals surface area (Å²) in [5.74, 6) is 0.394. The van der Waals surface area contributed by atoms with Crippen molar-refractivity contribution in [2.75, 3.05) is 5.32 Å². The summed E-state index contributed by atoms with van der Waals surface area (Å²) < 4.78 is 2.55. The van der Waals surface area contributed by atoms with Gasteiger partial charge in [-0.25, -0.2) is 4.68 Å². The van der Waals surface area contributed by atoms with Crippen LogP contribution < -0.4 is 5.32 Å². The quantitative estimate of drug-likeness (QED) is 0.538. The number of hydrogen-bond donors (Lipinski definition) is 1. The van der Waals surface area contributed by atoms with Gasteiger partial charge in [0, 0.05) is 19.7 Å². The molecule has 0 saturated carbocycles. The van der Waals surface area contributed by atoms with E-state index in [1.54, 1.807) is 29.1 Å². The summed E-state index contributed by atoms with van der Waals surface area (Å²) in [7, 11) is 0. The highest BCUT2D eigenvalue weighted by molar-refractivity contribution is 14.1. The van der Waals surface area contributed by atoms with Gasteiger partial charge in [0.1, 0.15) is 5.82 Å². The van der Waals surface area contributed by atoms with Crippen LogP contribution in [0.1, 0.15) is 15.9 Å². The normalized spacial score (nSPS) is 10.6. The largest absolute Gasteiger partial charge is 0.307 e. The smallest absolute Gasteiger partial charge is 0.257 e. The minimum atomic E-state index is -0.222. The van der Waals surface area contributed by atoms with E-state index in [1.165, 1.54) is 0 Å². The second-order valence-electron chi connectivity index (χ2n) is 5.08. The van der Waals surface area contributed by atoms with Gasteiger partial charge in [-0.05, 0) is 58.5 Å². The molecule has 122 valence electrons. The molecule has 0 atom stereocenters. The van der Waals surface area contributed by atoms with Crippen molar-refractivity contribution in [3.63, 3.8) is 0 Å². The molecular weight excluding hydrogens is 460 g/mol. The third-order valence-electron chi connectivity index (χ3n) is 3.38. The van der Waals surface area contributed by atoms with Crippen LogP contribution in [-0.2, 0) is 6.54 Å². The van der Waals surface area contributed by atoms with E-state index in [-0.39, 0.29) is 5.91 Å². The van der Waals surface area contributed by atoms with Crippen LogP contribution in [0.3, 0.4) is 0 Å². The lowest BCUT2D eigenvalue weighted by Gasteiger charge is -2.10. The Hall–Kier alpha value is -1.57. The van der Waals surface area contributed by atoms with Crippen LogP contribution in [-0.4, -0.2) is 15.7 Å². The molecule has 1 aromatic heterocycles. The molecule has 7 heteroatoms. The zero-order valence-electron chi connectivity index (χ0n) is 12.3. The number of carbonyl (C=O) groups is 1. The molecule has 4 nitrogen and oxygen atoms in total. The lowest BCUT2D eigenvalue weighted by molar-refractivity contribution is 0.102. The Labute approximate surface area is 162 Å². The van der Waals surface area contributed by atoms with Gasteiger partial charge in [0.25, 0.3) is 5.91 Å². The molecule has 0 bridgehead atoms. The van der Waals surface area contributed by atoms with Crippen molar-refractivity contribution in [1.82, 2.24) is 9.78 Å². The van der Waals surface area contributed by atoms with E-state index in [0.717, 1.165) is 9.13 Å². The molecular formula is C17H12Cl2IN3O. The van der Waals surface area contributed by atoms with Crippen LogP contribution in [0, 0.1) is 3.57 Å². The number of amides is 1. The van der Waals surface area contributed by atoms with Gasteiger partial charge in [-0.3, -0.25) is 4.79 Å². The van der Waals surface area contributed by atoms with Crippen molar-refractivity contribution in [3.05, 3.63) is 79.5 Å². The van der Waals surface area contributed by atoms with Crippen LogP contribution >= 0.6 is 45.8 Å². The van der Waals surface area contributed by atoms with Crippen molar-refractivity contribution in [2.24, 2.45) is 0 Å². The summed E-state index contributed by atoms with van der Waals surface area (Å²) in [6.07, 6.45) is 1.65. The van der Waals surface area contributed by atoms with Crippen LogP contribution in [0.2, 0.25) is 10.0 Å². The van der Waals surface area contributed by atoms with Crippen LogP contribution in [0.4, 0.5) is 5.82 Å². The Kier molecular flexibility index (Phi) is 5.43. The maximum atomic E-state index is 12.5. The number of benzene rings is 2. The molecule has 1 heterocycles. The molecule has 3 aromatic rings. The predicted octanol–water partition coefficient (Wildman–Crippen LogP) is 5.10. The monoisotopic (exact) mass is 471 g/mol. The van der Waals surface area contributed by atoms with Gasteiger partial charge >= 0.3 is 0 Å². The Morgan fingerprint density at radius 2 is 1.79 bits per heavy atom. The second kappa shape index (κ2) is 7.55. The lowest BCUT2D eigenvalue weighted by Crippen LogP contribution is -2.17. The number of nitrogens with zero attached hydrogens (tertiary/aromatic N) is 2. The number of hydrogen-bond acceptors (Lipinski definition) is 2. The highest BCUT2D eigenvalue weighted by Gasteiger charge is 2.13. The first-order valence-corrected chi connectivity index (χ1v) is 8.89. The summed E-state index contributed by atoms with van der Waals surface area (Å²) >= 11 is 14.0. The van der Waals surface area contributed by atoms with Gasteiger partial charge in [0.05, 0.1) is 18.3 Å². The molecule has 3 rings (SSSR count). The molecule has 1 N–H and O–H groups in total. The van der Waals surface area contributed by atoms with Crippen LogP contribution in [0.5, 0.6) is 0 Å². The van der Waals surface area contributed by atoms with E-state index in [1.807, 2.05) is 30.3 Å². The average molecular weight is 472 g/mol. The molecule has 0 radical (unpaired) electrons. The van der Waals surface area contributed by atoms with Gasteiger partial charge < -0.3 is 5.32 Å². The molecule has 24 heavy (non-hydrogen) atoms. The molecule has 0 fully saturated rings. The van der Waals surface area contributed by atoms with E-state index in [2.05, 4.69) is 33.0 Å². The SMILES string of the molecule is O=C(Nc1ccnn1Cc1ccc(Cl)cc1)c1cc(Cl)ccc1I. The number of aromatic nitrogens is 2. The van der Waals surface area contributed by atoms with Crippen molar-refractivity contribution in [2.45, 2.75) is 6.54 Å². The van der Waals surface area contributed by atoms with E-state index < -0.39 is 0 Å². The zero-order valence-corrected chi connectivity index (χ0v) is 16.0. The standard InChI is InChI=1S/C17H12Cl2IN3O/c18-12-3-1-11(2-4-12)10-23-16(7-8-21-23)22-17(24)14-9-13(19)5-6-15(14)20/h1-9H,10H2,(H,22,24). The minimum Gasteiger partial charge on any atom is -0.307 e. The van der Waals surface area contributed by atoms with Gasteiger partial charge in [0.15, 0.2) is 0 Å². The fraction of sp³-hybridized carbons (Fsp3) is 0.0588. The Morgan fingerprint density at radius 3 is 2.54 bits per heavy atom. The summed E-state index contributed by atoms with van der Waals surface area (Å²) in [6.45, 7) is 0.534. The highest BCUT2D eigenvalue weighted by Crippen LogP contribution is 2.20. The number of halogens is 3. The summed E-state index contributed by atoms with van der Waals surface area (Å²) in [5, 5.41) is 8.35.